The standard InChI is InChI=1S/C11H8O/c12-10-6-2-5-9-11-7-3-1-4-8-11/h1,3-4,7-8,12H,10H2. The van der Waals surface area contributed by atoms with E-state index in [-0.39, 0.29) is 6.61 Å². The Hall–Kier alpha value is -1.70. The van der Waals surface area contributed by atoms with Crippen molar-refractivity contribution in [1.82, 2.24) is 0 Å². The lowest BCUT2D eigenvalue weighted by Crippen LogP contribution is -1.71. The van der Waals surface area contributed by atoms with Crippen molar-refractivity contribution in [1.29, 1.82) is 0 Å². The number of hydrogen-bond donors (Lipinski definition) is 1. The van der Waals surface area contributed by atoms with Crippen LogP contribution in [0.5, 0.6) is 0 Å². The molecular weight excluding hydrogens is 148 g/mol. The van der Waals surface area contributed by atoms with Crippen molar-refractivity contribution in [3.63, 3.8) is 0 Å². The van der Waals surface area contributed by atoms with Crippen molar-refractivity contribution in [3.8, 4) is 23.7 Å². The van der Waals surface area contributed by atoms with Crippen molar-refractivity contribution < 1.29 is 5.11 Å². The highest BCUT2D eigenvalue weighted by Gasteiger charge is 1.78. The van der Waals surface area contributed by atoms with Gasteiger partial charge in [-0.25, -0.2) is 0 Å². The van der Waals surface area contributed by atoms with Crippen LogP contribution < -0.4 is 0 Å². The summed E-state index contributed by atoms with van der Waals surface area (Å²) >= 11 is 0. The Morgan fingerprint density at radius 1 is 1.08 bits per heavy atom. The van der Waals surface area contributed by atoms with E-state index in [1.54, 1.807) is 0 Å². The van der Waals surface area contributed by atoms with Gasteiger partial charge in [-0.05, 0) is 24.0 Å². The molecule has 0 heterocycles. The van der Waals surface area contributed by atoms with E-state index in [1.165, 1.54) is 0 Å². The molecule has 1 N–H and O–H groups in total. The maximum absolute atomic E-state index is 8.32. The van der Waals surface area contributed by atoms with Crippen LogP contribution in [0, 0.1) is 23.7 Å². The number of hydrogen-bond acceptors (Lipinski definition) is 1. The molecule has 0 aliphatic heterocycles. The molecule has 0 aliphatic carbocycles. The van der Waals surface area contributed by atoms with Crippen LogP contribution in [0.25, 0.3) is 0 Å². The third-order valence-electron chi connectivity index (χ3n) is 1.21. The van der Waals surface area contributed by atoms with Gasteiger partial charge in [-0.15, -0.1) is 0 Å². The van der Waals surface area contributed by atoms with Crippen molar-refractivity contribution in [2.45, 2.75) is 0 Å². The van der Waals surface area contributed by atoms with Crippen LogP contribution in [0.2, 0.25) is 0 Å². The van der Waals surface area contributed by atoms with E-state index in [2.05, 4.69) is 23.7 Å². The summed E-state index contributed by atoms with van der Waals surface area (Å²) < 4.78 is 0. The molecule has 0 amide bonds. The number of aliphatic hydroxyl groups excluding tert-OH is 1. The average Bonchev–Trinajstić information content (AvgIpc) is 2.14. The first-order chi connectivity index (χ1) is 5.93. The van der Waals surface area contributed by atoms with Crippen molar-refractivity contribution in [2.75, 3.05) is 6.61 Å². The first-order valence-electron chi connectivity index (χ1n) is 3.58. The summed E-state index contributed by atoms with van der Waals surface area (Å²) in [6.07, 6.45) is 0. The minimum atomic E-state index is -0.135. The lowest BCUT2D eigenvalue weighted by Gasteiger charge is -1.83. The van der Waals surface area contributed by atoms with Gasteiger partial charge >= 0.3 is 0 Å². The van der Waals surface area contributed by atoms with E-state index in [9.17, 15) is 0 Å². The summed E-state index contributed by atoms with van der Waals surface area (Å²) in [6.45, 7) is -0.135. The molecule has 12 heavy (non-hydrogen) atoms. The van der Waals surface area contributed by atoms with Crippen LogP contribution in [0.4, 0.5) is 0 Å². The molecule has 1 aromatic carbocycles. The van der Waals surface area contributed by atoms with Crippen LogP contribution >= 0.6 is 0 Å². The summed E-state index contributed by atoms with van der Waals surface area (Å²) in [7, 11) is 0. The van der Waals surface area contributed by atoms with Crippen LogP contribution in [0.1, 0.15) is 5.56 Å². The second-order valence-electron chi connectivity index (χ2n) is 2.08. The summed E-state index contributed by atoms with van der Waals surface area (Å²) in [5.41, 5.74) is 0.935. The second-order valence-corrected chi connectivity index (χ2v) is 2.08. The van der Waals surface area contributed by atoms with Crippen LogP contribution in [0.15, 0.2) is 30.3 Å². The molecule has 0 radical (unpaired) electrons. The molecular formula is C11H8O. The van der Waals surface area contributed by atoms with Gasteiger partial charge in [-0.3, -0.25) is 0 Å². The largest absolute Gasteiger partial charge is 0.384 e. The third-order valence-corrected chi connectivity index (χ3v) is 1.21. The molecule has 0 unspecified atom stereocenters. The van der Waals surface area contributed by atoms with E-state index >= 15 is 0 Å². The Morgan fingerprint density at radius 3 is 2.50 bits per heavy atom. The normalized spacial score (nSPS) is 7.42. The molecule has 0 aliphatic rings. The second kappa shape index (κ2) is 5.02. The monoisotopic (exact) mass is 156 g/mol. The number of rotatable bonds is 0. The zero-order valence-corrected chi connectivity index (χ0v) is 6.54. The molecule has 0 atom stereocenters. The molecule has 1 aromatic rings. The maximum atomic E-state index is 8.32. The van der Waals surface area contributed by atoms with E-state index in [0.717, 1.165) is 5.56 Å². The number of benzene rings is 1. The van der Waals surface area contributed by atoms with Gasteiger partial charge in [0.2, 0.25) is 0 Å². The molecule has 58 valence electrons. The molecule has 0 saturated carbocycles. The molecule has 0 bridgehead atoms. The van der Waals surface area contributed by atoms with Crippen LogP contribution in [0.3, 0.4) is 0 Å². The third kappa shape index (κ3) is 2.92. The van der Waals surface area contributed by atoms with Gasteiger partial charge in [-0.2, -0.15) is 0 Å². The van der Waals surface area contributed by atoms with E-state index < -0.39 is 0 Å². The van der Waals surface area contributed by atoms with Crippen LogP contribution in [-0.4, -0.2) is 11.7 Å². The number of aliphatic hydroxyl groups is 1. The van der Waals surface area contributed by atoms with Gasteiger partial charge in [0.1, 0.15) is 6.61 Å². The van der Waals surface area contributed by atoms with Crippen molar-refractivity contribution in [3.05, 3.63) is 35.9 Å². The lowest BCUT2D eigenvalue weighted by molar-refractivity contribution is 0.350. The Balaban J connectivity index is 2.67. The zero-order chi connectivity index (χ0) is 8.65. The predicted octanol–water partition coefficient (Wildman–Crippen LogP) is 1.03. The maximum Gasteiger partial charge on any atom is 0.105 e. The molecule has 0 aromatic heterocycles. The lowest BCUT2D eigenvalue weighted by atomic mass is 10.2. The highest BCUT2D eigenvalue weighted by atomic mass is 16.2. The fourth-order valence-corrected chi connectivity index (χ4v) is 0.709. The minimum absolute atomic E-state index is 0.135. The summed E-state index contributed by atoms with van der Waals surface area (Å²) in [5.74, 6) is 10.4. The summed E-state index contributed by atoms with van der Waals surface area (Å²) in [4.78, 5) is 0. The molecule has 1 nitrogen and oxygen atoms in total. The molecule has 0 fully saturated rings. The zero-order valence-electron chi connectivity index (χ0n) is 6.54. The predicted molar refractivity (Wildman–Crippen MR) is 48.2 cm³/mol. The van der Waals surface area contributed by atoms with E-state index in [0.29, 0.717) is 0 Å². The van der Waals surface area contributed by atoms with E-state index in [4.69, 9.17) is 5.11 Å². The average molecular weight is 156 g/mol. The quantitative estimate of drug-likeness (QED) is 0.556. The van der Waals surface area contributed by atoms with Gasteiger partial charge in [0.25, 0.3) is 0 Å². The highest BCUT2D eigenvalue weighted by Crippen LogP contribution is 1.93. The Kier molecular flexibility index (Phi) is 3.51. The van der Waals surface area contributed by atoms with Crippen LogP contribution in [-0.2, 0) is 0 Å². The van der Waals surface area contributed by atoms with Crippen molar-refractivity contribution >= 4 is 0 Å². The van der Waals surface area contributed by atoms with Gasteiger partial charge in [-0.1, -0.05) is 30.0 Å². The fraction of sp³-hybridized carbons (Fsp3) is 0.0909. The Morgan fingerprint density at radius 2 is 1.83 bits per heavy atom. The molecule has 0 saturated heterocycles. The molecule has 0 spiro atoms. The van der Waals surface area contributed by atoms with E-state index in [1.807, 2.05) is 30.3 Å². The van der Waals surface area contributed by atoms with Gasteiger partial charge in [0.15, 0.2) is 0 Å². The highest BCUT2D eigenvalue weighted by molar-refractivity contribution is 5.39. The van der Waals surface area contributed by atoms with Crippen molar-refractivity contribution in [2.24, 2.45) is 0 Å². The summed E-state index contributed by atoms with van der Waals surface area (Å²) in [5, 5.41) is 8.32. The molecule has 1 heteroatoms. The Labute approximate surface area is 72.0 Å². The molecule has 1 rings (SSSR count). The SMILES string of the molecule is OCC#CC#Cc1ccccc1. The summed E-state index contributed by atoms with van der Waals surface area (Å²) in [6, 6.07) is 9.60. The minimum Gasteiger partial charge on any atom is -0.384 e. The Bertz CT molecular complexity index is 343. The van der Waals surface area contributed by atoms with Gasteiger partial charge in [0, 0.05) is 5.56 Å². The topological polar surface area (TPSA) is 20.2 Å². The first kappa shape index (κ1) is 8.40. The first-order valence-corrected chi connectivity index (χ1v) is 3.58. The van der Waals surface area contributed by atoms with Gasteiger partial charge in [0.05, 0.1) is 0 Å². The van der Waals surface area contributed by atoms with Gasteiger partial charge < -0.3 is 5.11 Å². The smallest absolute Gasteiger partial charge is 0.105 e. The fourth-order valence-electron chi connectivity index (χ4n) is 0.709.